The molecule has 0 aromatic carbocycles. The van der Waals surface area contributed by atoms with Crippen LogP contribution in [0.15, 0.2) is 12.3 Å². The van der Waals surface area contributed by atoms with E-state index >= 15 is 0 Å². The summed E-state index contributed by atoms with van der Waals surface area (Å²) in [5.41, 5.74) is 5.75. The van der Waals surface area contributed by atoms with Gasteiger partial charge in [-0.05, 0) is 51.8 Å². The maximum atomic E-state index is 12.7. The topological polar surface area (TPSA) is 78.6 Å². The first-order chi connectivity index (χ1) is 12.6. The van der Waals surface area contributed by atoms with Crippen LogP contribution >= 0.6 is 0 Å². The van der Waals surface area contributed by atoms with Crippen LogP contribution in [0.5, 0.6) is 0 Å². The Morgan fingerprint density at radius 3 is 2.77 bits per heavy atom. The molecule has 2 fully saturated rings. The Morgan fingerprint density at radius 1 is 1.27 bits per heavy atom. The van der Waals surface area contributed by atoms with Crippen molar-refractivity contribution in [2.24, 2.45) is 0 Å². The summed E-state index contributed by atoms with van der Waals surface area (Å²) in [7, 11) is 2.11. The van der Waals surface area contributed by atoms with E-state index in [9.17, 15) is 4.79 Å². The molecule has 3 rings (SSSR count). The Labute approximate surface area is 156 Å². The summed E-state index contributed by atoms with van der Waals surface area (Å²) < 4.78 is 0. The summed E-state index contributed by atoms with van der Waals surface area (Å²) in [4.78, 5) is 28.0. The third-order valence-corrected chi connectivity index (χ3v) is 5.60. The second-order valence-corrected chi connectivity index (χ2v) is 7.57. The Hall–Kier alpha value is -1.73. The highest BCUT2D eigenvalue weighted by atomic mass is 16.2. The minimum Gasteiger partial charge on any atom is -0.384 e. The number of carbonyl (C=O) groups excluding carboxylic acids is 1. The highest BCUT2D eigenvalue weighted by Gasteiger charge is 2.31. The lowest BCUT2D eigenvalue weighted by atomic mass is 10.1. The third kappa shape index (κ3) is 5.14. The number of hydrogen-bond donors (Lipinski definition) is 1. The summed E-state index contributed by atoms with van der Waals surface area (Å²) in [6, 6.07) is 2.80. The Balaban J connectivity index is 1.49. The largest absolute Gasteiger partial charge is 0.384 e. The van der Waals surface area contributed by atoms with Crippen LogP contribution in [0.1, 0.15) is 44.9 Å². The maximum absolute atomic E-state index is 12.7. The predicted octanol–water partition coefficient (Wildman–Crippen LogP) is 1.36. The minimum atomic E-state index is 0.293. The van der Waals surface area contributed by atoms with Crippen molar-refractivity contribution in [3.05, 3.63) is 18.1 Å². The first-order valence-corrected chi connectivity index (χ1v) is 9.86. The van der Waals surface area contributed by atoms with Crippen LogP contribution in [0.3, 0.4) is 0 Å². The number of hydrogen-bond acceptors (Lipinski definition) is 6. The van der Waals surface area contributed by atoms with E-state index in [4.69, 9.17) is 5.73 Å². The maximum Gasteiger partial charge on any atom is 0.236 e. The summed E-state index contributed by atoms with van der Waals surface area (Å²) in [5.74, 6) is 1.56. The molecule has 1 aliphatic heterocycles. The van der Waals surface area contributed by atoms with E-state index in [0.29, 0.717) is 36.9 Å². The zero-order valence-electron chi connectivity index (χ0n) is 16.1. The van der Waals surface area contributed by atoms with Crippen LogP contribution in [-0.4, -0.2) is 75.9 Å². The summed E-state index contributed by atoms with van der Waals surface area (Å²) >= 11 is 0. The van der Waals surface area contributed by atoms with E-state index in [1.165, 1.54) is 12.8 Å². The van der Waals surface area contributed by atoms with Gasteiger partial charge >= 0.3 is 0 Å². The summed E-state index contributed by atoms with van der Waals surface area (Å²) in [6.45, 7) is 6.11. The second-order valence-electron chi connectivity index (χ2n) is 7.57. The van der Waals surface area contributed by atoms with Gasteiger partial charge in [0.1, 0.15) is 11.6 Å². The molecule has 7 heteroatoms. The van der Waals surface area contributed by atoms with Crippen LogP contribution < -0.4 is 5.73 Å². The van der Waals surface area contributed by atoms with E-state index in [-0.39, 0.29) is 0 Å². The zero-order valence-corrected chi connectivity index (χ0v) is 16.1. The van der Waals surface area contributed by atoms with Crippen molar-refractivity contribution in [1.82, 2.24) is 24.7 Å². The Kier molecular flexibility index (Phi) is 6.43. The van der Waals surface area contributed by atoms with Gasteiger partial charge < -0.3 is 10.6 Å². The molecule has 0 spiro atoms. The smallest absolute Gasteiger partial charge is 0.236 e. The molecule has 0 unspecified atom stereocenters. The molecule has 2 N–H and O–H groups in total. The van der Waals surface area contributed by atoms with Crippen molar-refractivity contribution in [2.75, 3.05) is 39.0 Å². The van der Waals surface area contributed by atoms with E-state index in [0.717, 1.165) is 44.7 Å². The highest BCUT2D eigenvalue weighted by molar-refractivity contribution is 5.78. The molecule has 7 nitrogen and oxygen atoms in total. The molecule has 1 aromatic heterocycles. The van der Waals surface area contributed by atoms with Gasteiger partial charge in [-0.15, -0.1) is 0 Å². The van der Waals surface area contributed by atoms with E-state index < -0.39 is 0 Å². The molecule has 1 saturated heterocycles. The van der Waals surface area contributed by atoms with E-state index in [1.54, 1.807) is 12.3 Å². The van der Waals surface area contributed by atoms with E-state index in [1.807, 2.05) is 0 Å². The van der Waals surface area contributed by atoms with Crippen molar-refractivity contribution in [1.29, 1.82) is 0 Å². The Morgan fingerprint density at radius 2 is 2.08 bits per heavy atom. The molecule has 2 aliphatic rings. The zero-order chi connectivity index (χ0) is 18.5. The van der Waals surface area contributed by atoms with Crippen molar-refractivity contribution < 1.29 is 4.79 Å². The second kappa shape index (κ2) is 8.77. The fraction of sp³-hybridized carbons (Fsp3) is 0.737. The minimum absolute atomic E-state index is 0.293. The SMILES string of the molecule is CCN(CC(=O)N1CCC[C@@H](N(C)Cc2nccc(N)n2)CC1)C1CC1. The van der Waals surface area contributed by atoms with E-state index in [2.05, 4.69) is 38.6 Å². The monoisotopic (exact) mass is 360 g/mol. The molecular weight excluding hydrogens is 328 g/mol. The predicted molar refractivity (Wildman–Crippen MR) is 102 cm³/mol. The normalized spacial score (nSPS) is 21.2. The number of likely N-dealkylation sites (tertiary alicyclic amines) is 1. The molecule has 26 heavy (non-hydrogen) atoms. The van der Waals surface area contributed by atoms with Crippen molar-refractivity contribution >= 4 is 11.7 Å². The van der Waals surface area contributed by atoms with Crippen LogP contribution in [0.25, 0.3) is 0 Å². The van der Waals surface area contributed by atoms with Gasteiger partial charge in [-0.1, -0.05) is 6.92 Å². The number of nitrogen functional groups attached to an aromatic ring is 1. The van der Waals surface area contributed by atoms with Crippen molar-refractivity contribution in [3.63, 3.8) is 0 Å². The molecule has 144 valence electrons. The van der Waals surface area contributed by atoms with Gasteiger partial charge in [-0.2, -0.15) is 0 Å². The number of nitrogens with two attached hydrogens (primary N) is 1. The molecular formula is C19H32N6O. The quantitative estimate of drug-likeness (QED) is 0.791. The van der Waals surface area contributed by atoms with Gasteiger partial charge in [0, 0.05) is 31.4 Å². The van der Waals surface area contributed by atoms with Crippen LogP contribution in [0, 0.1) is 0 Å². The molecule has 1 saturated carbocycles. The number of rotatable bonds is 7. The molecule has 1 atom stereocenters. The summed E-state index contributed by atoms with van der Waals surface area (Å²) in [5, 5.41) is 0. The molecule has 2 heterocycles. The molecule has 1 aliphatic carbocycles. The molecule has 0 bridgehead atoms. The van der Waals surface area contributed by atoms with Crippen LogP contribution in [-0.2, 0) is 11.3 Å². The average molecular weight is 361 g/mol. The number of amides is 1. The first-order valence-electron chi connectivity index (χ1n) is 9.86. The number of anilines is 1. The van der Waals surface area contributed by atoms with Gasteiger partial charge in [0.2, 0.25) is 5.91 Å². The Bertz CT molecular complexity index is 605. The lowest BCUT2D eigenvalue weighted by Crippen LogP contribution is -2.42. The number of nitrogens with zero attached hydrogens (tertiary/aromatic N) is 5. The highest BCUT2D eigenvalue weighted by Crippen LogP contribution is 2.26. The lowest BCUT2D eigenvalue weighted by molar-refractivity contribution is -0.132. The van der Waals surface area contributed by atoms with Crippen molar-refractivity contribution in [2.45, 2.75) is 57.7 Å². The first kappa shape index (κ1) is 19.0. The average Bonchev–Trinajstić information content (AvgIpc) is 3.45. The molecule has 1 amide bonds. The van der Waals surface area contributed by atoms with Gasteiger partial charge in [0.05, 0.1) is 13.1 Å². The standard InChI is InChI=1S/C19H32N6O/c1-3-24(16-6-7-16)14-19(26)25-11-4-5-15(9-12-25)23(2)13-18-21-10-8-17(20)22-18/h8,10,15-16H,3-7,9,11-14H2,1-2H3,(H2,20,21,22)/t15-/m1/s1. The molecule has 1 aromatic rings. The van der Waals surface area contributed by atoms with Crippen LogP contribution in [0.2, 0.25) is 0 Å². The lowest BCUT2D eigenvalue weighted by Gasteiger charge is -2.27. The number of carbonyl (C=O) groups is 1. The number of likely N-dealkylation sites (N-methyl/N-ethyl adjacent to an activating group) is 1. The van der Waals surface area contributed by atoms with Crippen LogP contribution in [0.4, 0.5) is 5.82 Å². The third-order valence-electron chi connectivity index (χ3n) is 5.60. The van der Waals surface area contributed by atoms with Gasteiger partial charge in [-0.3, -0.25) is 14.6 Å². The van der Waals surface area contributed by atoms with Gasteiger partial charge in [-0.25, -0.2) is 9.97 Å². The fourth-order valence-corrected chi connectivity index (χ4v) is 3.82. The van der Waals surface area contributed by atoms with Crippen molar-refractivity contribution in [3.8, 4) is 0 Å². The van der Waals surface area contributed by atoms with Gasteiger partial charge in [0.15, 0.2) is 0 Å². The number of aromatic nitrogens is 2. The summed E-state index contributed by atoms with van der Waals surface area (Å²) in [6.07, 6.45) is 7.36. The molecule has 0 radical (unpaired) electrons. The fourth-order valence-electron chi connectivity index (χ4n) is 3.82. The van der Waals surface area contributed by atoms with Gasteiger partial charge in [0.25, 0.3) is 0 Å².